The molecule has 0 heterocycles. The van der Waals surface area contributed by atoms with E-state index in [0.29, 0.717) is 13.2 Å². The lowest BCUT2D eigenvalue weighted by molar-refractivity contribution is -0.123. The number of carbonyl (C=O) groups excluding carboxylic acids is 1. The van der Waals surface area contributed by atoms with E-state index in [1.165, 1.54) is 0 Å². The lowest BCUT2D eigenvalue weighted by Crippen LogP contribution is -2.40. The molecule has 0 bridgehead atoms. The Labute approximate surface area is 105 Å². The molecule has 5 heteroatoms. The summed E-state index contributed by atoms with van der Waals surface area (Å²) in [6.45, 7) is 8.15. The maximum Gasteiger partial charge on any atom is 0.235 e. The highest BCUT2D eigenvalue weighted by Crippen LogP contribution is 2.15. The second-order valence-electron chi connectivity index (χ2n) is 4.49. The van der Waals surface area contributed by atoms with E-state index in [2.05, 4.69) is 27.9 Å². The molecular formula is C10H20INO3. The lowest BCUT2D eigenvalue weighted by atomic mass is 10.1. The molecule has 2 N–H and O–H groups in total. The van der Waals surface area contributed by atoms with Crippen LogP contribution in [0.2, 0.25) is 0 Å². The van der Waals surface area contributed by atoms with Crippen molar-refractivity contribution in [2.45, 2.75) is 36.7 Å². The van der Waals surface area contributed by atoms with Crippen molar-refractivity contribution in [3.05, 3.63) is 0 Å². The van der Waals surface area contributed by atoms with Gasteiger partial charge in [0.25, 0.3) is 0 Å². The largest absolute Gasteiger partial charge is 0.393 e. The van der Waals surface area contributed by atoms with Crippen LogP contribution in [0.15, 0.2) is 0 Å². The van der Waals surface area contributed by atoms with E-state index in [4.69, 9.17) is 9.84 Å². The summed E-state index contributed by atoms with van der Waals surface area (Å²) in [5, 5.41) is 11.7. The number of hydrogen-bond donors (Lipinski definition) is 2. The van der Waals surface area contributed by atoms with Gasteiger partial charge in [0, 0.05) is 6.54 Å². The third kappa shape index (κ3) is 7.08. The van der Waals surface area contributed by atoms with E-state index in [1.807, 2.05) is 13.8 Å². The minimum absolute atomic E-state index is 0.00601. The summed E-state index contributed by atoms with van der Waals surface area (Å²) in [6, 6.07) is 0. The Morgan fingerprint density at radius 3 is 2.33 bits per heavy atom. The van der Waals surface area contributed by atoms with Gasteiger partial charge in [-0.1, -0.05) is 22.6 Å². The summed E-state index contributed by atoms with van der Waals surface area (Å²) in [4.78, 5) is 11.4. The molecule has 0 aliphatic rings. The van der Waals surface area contributed by atoms with Gasteiger partial charge in [-0.15, -0.1) is 0 Å². The van der Waals surface area contributed by atoms with Gasteiger partial charge in [-0.2, -0.15) is 0 Å². The fraction of sp³-hybridized carbons (Fsp3) is 0.900. The van der Waals surface area contributed by atoms with Crippen LogP contribution in [0.5, 0.6) is 0 Å². The molecule has 0 aliphatic carbocycles. The average molecular weight is 329 g/mol. The predicted molar refractivity (Wildman–Crippen MR) is 68.2 cm³/mol. The fourth-order valence-corrected chi connectivity index (χ4v) is 0.938. The molecule has 0 saturated heterocycles. The molecule has 0 rings (SSSR count). The van der Waals surface area contributed by atoms with Crippen LogP contribution in [-0.4, -0.2) is 39.8 Å². The highest BCUT2D eigenvalue weighted by Gasteiger charge is 2.23. The number of rotatable bonds is 6. The molecule has 4 nitrogen and oxygen atoms in total. The molecule has 0 aliphatic heterocycles. The minimum Gasteiger partial charge on any atom is -0.393 e. The first kappa shape index (κ1) is 15.1. The maximum absolute atomic E-state index is 11.4. The molecule has 0 radical (unpaired) electrons. The van der Waals surface area contributed by atoms with E-state index in [-0.39, 0.29) is 12.5 Å². The Balaban J connectivity index is 3.69. The second-order valence-corrected chi connectivity index (χ2v) is 7.19. The van der Waals surface area contributed by atoms with Gasteiger partial charge in [0.2, 0.25) is 5.91 Å². The van der Waals surface area contributed by atoms with Crippen LogP contribution in [0.4, 0.5) is 0 Å². The quantitative estimate of drug-likeness (QED) is 0.436. The molecule has 0 fully saturated rings. The maximum atomic E-state index is 11.4. The summed E-state index contributed by atoms with van der Waals surface area (Å²) in [5.41, 5.74) is -0.537. The van der Waals surface area contributed by atoms with Crippen molar-refractivity contribution in [1.29, 1.82) is 0 Å². The second kappa shape index (κ2) is 6.00. The van der Waals surface area contributed by atoms with Crippen LogP contribution < -0.4 is 5.32 Å². The zero-order chi connectivity index (χ0) is 12.1. The Morgan fingerprint density at radius 2 is 1.93 bits per heavy atom. The van der Waals surface area contributed by atoms with Crippen molar-refractivity contribution in [2.24, 2.45) is 0 Å². The topological polar surface area (TPSA) is 58.6 Å². The van der Waals surface area contributed by atoms with E-state index in [0.717, 1.165) is 0 Å². The number of halogens is 1. The zero-order valence-electron chi connectivity index (χ0n) is 9.76. The molecule has 0 atom stereocenters. The number of aliphatic hydroxyl groups excluding tert-OH is 1. The van der Waals surface area contributed by atoms with Gasteiger partial charge in [-0.3, -0.25) is 4.79 Å². The van der Waals surface area contributed by atoms with Crippen LogP contribution in [-0.2, 0) is 9.53 Å². The van der Waals surface area contributed by atoms with Gasteiger partial charge >= 0.3 is 0 Å². The highest BCUT2D eigenvalue weighted by molar-refractivity contribution is 14.1. The summed E-state index contributed by atoms with van der Waals surface area (Å²) in [5.74, 6) is -0.00601. The number of carbonyl (C=O) groups is 1. The van der Waals surface area contributed by atoms with Gasteiger partial charge in [-0.05, 0) is 27.7 Å². The summed E-state index contributed by atoms with van der Waals surface area (Å²) >= 11 is 2.09. The minimum atomic E-state index is -0.537. The first-order valence-electron chi connectivity index (χ1n) is 4.91. The van der Waals surface area contributed by atoms with Crippen LogP contribution >= 0.6 is 22.6 Å². The average Bonchev–Trinajstić information content (AvgIpc) is 2.10. The van der Waals surface area contributed by atoms with Gasteiger partial charge in [0.15, 0.2) is 0 Å². The number of aliphatic hydroxyl groups is 1. The molecule has 0 aromatic rings. The third-order valence-electron chi connectivity index (χ3n) is 1.80. The van der Waals surface area contributed by atoms with Crippen LogP contribution in [0, 0.1) is 0 Å². The SMILES string of the molecule is CC(C)(CO)OCCNC(=O)C(C)(C)I. The van der Waals surface area contributed by atoms with Crippen LogP contribution in [0.1, 0.15) is 27.7 Å². The number of nitrogens with one attached hydrogen (secondary N) is 1. The first-order valence-corrected chi connectivity index (χ1v) is 5.99. The molecule has 0 spiro atoms. The number of ether oxygens (including phenoxy) is 1. The van der Waals surface area contributed by atoms with Gasteiger partial charge in [-0.25, -0.2) is 0 Å². The van der Waals surface area contributed by atoms with Gasteiger partial charge in [0.05, 0.1) is 22.2 Å². The Kier molecular flexibility index (Phi) is 6.05. The Hall–Kier alpha value is 0.120. The van der Waals surface area contributed by atoms with E-state index < -0.39 is 9.02 Å². The van der Waals surface area contributed by atoms with Crippen molar-refractivity contribution < 1.29 is 14.6 Å². The molecule has 0 aromatic heterocycles. The predicted octanol–water partition coefficient (Wildman–Crippen LogP) is 1.10. The van der Waals surface area contributed by atoms with E-state index in [9.17, 15) is 4.79 Å². The molecule has 0 saturated carbocycles. The third-order valence-corrected chi connectivity index (χ3v) is 2.29. The number of alkyl halides is 1. The highest BCUT2D eigenvalue weighted by atomic mass is 127. The Morgan fingerprint density at radius 1 is 1.40 bits per heavy atom. The van der Waals surface area contributed by atoms with Crippen molar-refractivity contribution in [1.82, 2.24) is 5.32 Å². The Bertz CT molecular complexity index is 211. The smallest absolute Gasteiger partial charge is 0.235 e. The molecule has 1 amide bonds. The number of hydrogen-bond acceptors (Lipinski definition) is 3. The summed E-state index contributed by atoms with van der Waals surface area (Å²) in [7, 11) is 0. The standard InChI is InChI=1S/C10H20INO3/c1-9(2,7-13)15-6-5-12-8(14)10(3,4)11/h13H,5-7H2,1-4H3,(H,12,14). The van der Waals surface area contributed by atoms with Gasteiger partial charge in [0.1, 0.15) is 0 Å². The fourth-order valence-electron chi connectivity index (χ4n) is 0.748. The van der Waals surface area contributed by atoms with Crippen molar-refractivity contribution >= 4 is 28.5 Å². The molecule has 15 heavy (non-hydrogen) atoms. The van der Waals surface area contributed by atoms with Crippen LogP contribution in [0.25, 0.3) is 0 Å². The van der Waals surface area contributed by atoms with Crippen molar-refractivity contribution in [3.63, 3.8) is 0 Å². The van der Waals surface area contributed by atoms with Gasteiger partial charge < -0.3 is 15.2 Å². The van der Waals surface area contributed by atoms with E-state index in [1.54, 1.807) is 13.8 Å². The molecule has 0 aromatic carbocycles. The van der Waals surface area contributed by atoms with Crippen molar-refractivity contribution in [2.75, 3.05) is 19.8 Å². The van der Waals surface area contributed by atoms with E-state index >= 15 is 0 Å². The molecule has 0 unspecified atom stereocenters. The monoisotopic (exact) mass is 329 g/mol. The summed E-state index contributed by atoms with van der Waals surface area (Å²) in [6.07, 6.45) is 0. The molecule has 90 valence electrons. The van der Waals surface area contributed by atoms with Crippen LogP contribution in [0.3, 0.4) is 0 Å². The molecular weight excluding hydrogens is 309 g/mol. The van der Waals surface area contributed by atoms with Crippen molar-refractivity contribution in [3.8, 4) is 0 Å². The normalized spacial score (nSPS) is 12.7. The lowest BCUT2D eigenvalue weighted by Gasteiger charge is -2.23. The summed E-state index contributed by atoms with van der Waals surface area (Å²) < 4.78 is 4.98. The first-order chi connectivity index (χ1) is 6.69. The zero-order valence-corrected chi connectivity index (χ0v) is 11.9. The number of amides is 1.